The molecule has 0 saturated carbocycles. The fraction of sp³-hybridized carbons (Fsp3) is 0.312. The van der Waals surface area contributed by atoms with Crippen LogP contribution in [0.3, 0.4) is 0 Å². The van der Waals surface area contributed by atoms with E-state index in [-0.39, 0.29) is 5.91 Å². The minimum absolute atomic E-state index is 0.0779. The van der Waals surface area contributed by atoms with Crippen molar-refractivity contribution in [1.29, 1.82) is 0 Å². The zero-order chi connectivity index (χ0) is 14.5. The lowest BCUT2D eigenvalue weighted by molar-refractivity contribution is 0.0719. The number of carbonyl (C=O) groups excluding carboxylic acids is 1. The van der Waals surface area contributed by atoms with Gasteiger partial charge in [-0.3, -0.25) is 4.79 Å². The molecule has 0 bridgehead atoms. The monoisotopic (exact) mass is 273 g/mol. The Kier molecular flexibility index (Phi) is 4.45. The molecule has 2 aromatic rings. The number of nitrogens with zero attached hydrogens (tertiary/aromatic N) is 1. The summed E-state index contributed by atoms with van der Waals surface area (Å²) < 4.78 is 10.4. The molecule has 4 heteroatoms. The number of aryl methyl sites for hydroxylation is 1. The lowest BCUT2D eigenvalue weighted by Gasteiger charge is -2.20. The van der Waals surface area contributed by atoms with E-state index < -0.39 is 0 Å². The Morgan fingerprint density at radius 2 is 1.95 bits per heavy atom. The third-order valence-corrected chi connectivity index (χ3v) is 3.26. The average molecular weight is 273 g/mol. The molecule has 0 spiro atoms. The molecule has 0 aliphatic heterocycles. The smallest absolute Gasteiger partial charge is 0.290 e. The first-order chi connectivity index (χ1) is 9.65. The predicted molar refractivity (Wildman–Crippen MR) is 76.9 cm³/mol. The molecule has 0 aliphatic carbocycles. The van der Waals surface area contributed by atoms with Crippen LogP contribution in [0, 0.1) is 6.92 Å². The number of benzene rings is 1. The van der Waals surface area contributed by atoms with Gasteiger partial charge in [-0.1, -0.05) is 12.1 Å². The summed E-state index contributed by atoms with van der Waals surface area (Å²) in [7, 11) is 1.64. The van der Waals surface area contributed by atoms with Gasteiger partial charge in [0.2, 0.25) is 0 Å². The molecule has 106 valence electrons. The van der Waals surface area contributed by atoms with Crippen LogP contribution >= 0.6 is 0 Å². The van der Waals surface area contributed by atoms with Crippen molar-refractivity contribution in [3.05, 3.63) is 53.5 Å². The van der Waals surface area contributed by atoms with Gasteiger partial charge in [0.15, 0.2) is 5.76 Å². The third-order valence-electron chi connectivity index (χ3n) is 3.26. The van der Waals surface area contributed by atoms with Crippen LogP contribution < -0.4 is 4.74 Å². The van der Waals surface area contributed by atoms with Gasteiger partial charge in [-0.15, -0.1) is 0 Å². The van der Waals surface area contributed by atoms with Gasteiger partial charge in [-0.05, 0) is 37.6 Å². The number of rotatable bonds is 5. The molecule has 0 fully saturated rings. The minimum Gasteiger partial charge on any atom is -0.497 e. The largest absolute Gasteiger partial charge is 0.497 e. The van der Waals surface area contributed by atoms with Crippen LogP contribution in [0.15, 0.2) is 41.0 Å². The summed E-state index contributed by atoms with van der Waals surface area (Å²) in [4.78, 5) is 14.2. The molecular weight excluding hydrogens is 254 g/mol. The van der Waals surface area contributed by atoms with Crippen LogP contribution in [0.5, 0.6) is 5.75 Å². The quantitative estimate of drug-likeness (QED) is 0.839. The zero-order valence-electron chi connectivity index (χ0n) is 12.1. The molecule has 0 N–H and O–H groups in total. The van der Waals surface area contributed by atoms with Crippen molar-refractivity contribution in [3.63, 3.8) is 0 Å². The summed E-state index contributed by atoms with van der Waals surface area (Å²) in [5, 5.41) is 0. The molecule has 2 rings (SSSR count). The minimum atomic E-state index is -0.0779. The van der Waals surface area contributed by atoms with E-state index in [9.17, 15) is 4.79 Å². The maximum absolute atomic E-state index is 12.4. The van der Waals surface area contributed by atoms with Crippen molar-refractivity contribution in [1.82, 2.24) is 4.90 Å². The summed E-state index contributed by atoms with van der Waals surface area (Å²) in [6.45, 7) is 5.02. The number of ether oxygens (including phenoxy) is 1. The Bertz CT molecular complexity index is 572. The Morgan fingerprint density at radius 3 is 2.45 bits per heavy atom. The number of carbonyl (C=O) groups is 1. The van der Waals surface area contributed by atoms with E-state index in [2.05, 4.69) is 0 Å². The molecule has 1 amide bonds. The van der Waals surface area contributed by atoms with Crippen LogP contribution in [0.2, 0.25) is 0 Å². The van der Waals surface area contributed by atoms with Gasteiger partial charge in [0.1, 0.15) is 5.75 Å². The van der Waals surface area contributed by atoms with Gasteiger partial charge < -0.3 is 14.1 Å². The fourth-order valence-electron chi connectivity index (χ4n) is 2.01. The van der Waals surface area contributed by atoms with Crippen molar-refractivity contribution >= 4 is 5.91 Å². The van der Waals surface area contributed by atoms with E-state index >= 15 is 0 Å². The topological polar surface area (TPSA) is 42.7 Å². The molecule has 0 radical (unpaired) electrons. The van der Waals surface area contributed by atoms with Gasteiger partial charge in [-0.25, -0.2) is 0 Å². The second kappa shape index (κ2) is 6.28. The van der Waals surface area contributed by atoms with Gasteiger partial charge in [0, 0.05) is 18.7 Å². The standard InChI is InChI=1S/C16H19NO3/c1-4-17(16(18)15-12(2)9-10-20-15)11-13-5-7-14(19-3)8-6-13/h5-10H,4,11H2,1-3H3. The maximum Gasteiger partial charge on any atom is 0.290 e. The lowest BCUT2D eigenvalue weighted by Crippen LogP contribution is -2.30. The van der Waals surface area contributed by atoms with Crippen molar-refractivity contribution in [2.45, 2.75) is 20.4 Å². The van der Waals surface area contributed by atoms with E-state index in [0.717, 1.165) is 16.9 Å². The van der Waals surface area contributed by atoms with Crippen molar-refractivity contribution in [3.8, 4) is 5.75 Å². The van der Waals surface area contributed by atoms with E-state index in [4.69, 9.17) is 9.15 Å². The summed E-state index contributed by atoms with van der Waals surface area (Å²) in [5.41, 5.74) is 1.92. The molecule has 1 aromatic heterocycles. The van der Waals surface area contributed by atoms with E-state index in [1.807, 2.05) is 38.1 Å². The molecule has 4 nitrogen and oxygen atoms in total. The van der Waals surface area contributed by atoms with Gasteiger partial charge in [-0.2, -0.15) is 0 Å². The molecular formula is C16H19NO3. The highest BCUT2D eigenvalue weighted by Gasteiger charge is 2.19. The molecule has 1 aromatic carbocycles. The normalized spacial score (nSPS) is 10.3. The summed E-state index contributed by atoms with van der Waals surface area (Å²) >= 11 is 0. The molecule has 0 saturated heterocycles. The van der Waals surface area contributed by atoms with E-state index in [1.54, 1.807) is 24.3 Å². The van der Waals surface area contributed by atoms with Gasteiger partial charge >= 0.3 is 0 Å². The third kappa shape index (κ3) is 3.02. The number of hydrogen-bond acceptors (Lipinski definition) is 3. The van der Waals surface area contributed by atoms with Crippen LogP contribution in [0.4, 0.5) is 0 Å². The van der Waals surface area contributed by atoms with Crippen LogP contribution in [-0.4, -0.2) is 24.5 Å². The van der Waals surface area contributed by atoms with Crippen LogP contribution in [-0.2, 0) is 6.54 Å². The summed E-state index contributed by atoms with van der Waals surface area (Å²) in [6, 6.07) is 9.51. The Hall–Kier alpha value is -2.23. The Morgan fingerprint density at radius 1 is 1.25 bits per heavy atom. The van der Waals surface area contributed by atoms with Gasteiger partial charge in [0.25, 0.3) is 5.91 Å². The first kappa shape index (κ1) is 14.2. The first-order valence-corrected chi connectivity index (χ1v) is 6.62. The predicted octanol–water partition coefficient (Wildman–Crippen LogP) is 3.26. The Labute approximate surface area is 119 Å². The fourth-order valence-corrected chi connectivity index (χ4v) is 2.01. The van der Waals surface area contributed by atoms with Crippen molar-refractivity contribution in [2.24, 2.45) is 0 Å². The lowest BCUT2D eigenvalue weighted by atomic mass is 10.2. The van der Waals surface area contributed by atoms with Crippen LogP contribution in [0.25, 0.3) is 0 Å². The Balaban J connectivity index is 2.12. The highest BCUT2D eigenvalue weighted by Crippen LogP contribution is 2.16. The number of furan rings is 1. The molecule has 0 atom stereocenters. The highest BCUT2D eigenvalue weighted by molar-refractivity contribution is 5.92. The average Bonchev–Trinajstić information content (AvgIpc) is 2.91. The number of amides is 1. The number of methoxy groups -OCH3 is 1. The second-order valence-electron chi connectivity index (χ2n) is 4.60. The molecule has 20 heavy (non-hydrogen) atoms. The highest BCUT2D eigenvalue weighted by atomic mass is 16.5. The van der Waals surface area contributed by atoms with Crippen LogP contribution in [0.1, 0.15) is 28.6 Å². The molecule has 1 heterocycles. The van der Waals surface area contributed by atoms with E-state index in [1.165, 1.54) is 0 Å². The molecule has 0 aliphatic rings. The zero-order valence-corrected chi connectivity index (χ0v) is 12.1. The maximum atomic E-state index is 12.4. The first-order valence-electron chi connectivity index (χ1n) is 6.62. The molecule has 0 unspecified atom stereocenters. The number of hydrogen-bond donors (Lipinski definition) is 0. The van der Waals surface area contributed by atoms with Crippen molar-refractivity contribution in [2.75, 3.05) is 13.7 Å². The summed E-state index contributed by atoms with van der Waals surface area (Å²) in [5.74, 6) is 1.15. The summed E-state index contributed by atoms with van der Waals surface area (Å²) in [6.07, 6.45) is 1.55. The van der Waals surface area contributed by atoms with Crippen molar-refractivity contribution < 1.29 is 13.9 Å². The SMILES string of the molecule is CCN(Cc1ccc(OC)cc1)C(=O)c1occc1C. The van der Waals surface area contributed by atoms with Gasteiger partial charge in [0.05, 0.1) is 13.4 Å². The van der Waals surface area contributed by atoms with E-state index in [0.29, 0.717) is 18.8 Å². The second-order valence-corrected chi connectivity index (χ2v) is 4.60.